The minimum Gasteiger partial charge on any atom is -0.507 e. The van der Waals surface area contributed by atoms with Crippen LogP contribution in [0.25, 0.3) is 33.2 Å². The third kappa shape index (κ3) is 3.05. The molecular formula is C22H23ClN6O. The Labute approximate surface area is 179 Å². The highest BCUT2D eigenvalue weighted by Gasteiger charge is 2.22. The first-order valence-corrected chi connectivity index (χ1v) is 10.4. The summed E-state index contributed by atoms with van der Waals surface area (Å²) in [7, 11) is 3.86. The van der Waals surface area contributed by atoms with E-state index in [0.717, 1.165) is 47.1 Å². The van der Waals surface area contributed by atoms with E-state index >= 15 is 0 Å². The molecule has 0 amide bonds. The second kappa shape index (κ2) is 7.11. The minimum absolute atomic E-state index is 0.163. The molecule has 7 nitrogen and oxygen atoms in total. The number of benzene rings is 1. The molecule has 0 saturated carbocycles. The van der Waals surface area contributed by atoms with Gasteiger partial charge in [-0.15, -0.1) is 0 Å². The summed E-state index contributed by atoms with van der Waals surface area (Å²) in [5.74, 6) is 0.163. The Hall–Kier alpha value is -2.90. The van der Waals surface area contributed by atoms with Crippen molar-refractivity contribution < 1.29 is 5.11 Å². The monoisotopic (exact) mass is 422 g/mol. The van der Waals surface area contributed by atoms with Crippen LogP contribution in [-0.4, -0.2) is 51.0 Å². The van der Waals surface area contributed by atoms with E-state index < -0.39 is 0 Å². The summed E-state index contributed by atoms with van der Waals surface area (Å²) in [5.41, 5.74) is 4.33. The van der Waals surface area contributed by atoms with Gasteiger partial charge in [-0.05, 0) is 38.6 Å². The summed E-state index contributed by atoms with van der Waals surface area (Å²) >= 11 is 6.65. The van der Waals surface area contributed by atoms with Crippen molar-refractivity contribution in [3.8, 4) is 17.0 Å². The Bertz CT molecular complexity index is 1280. The van der Waals surface area contributed by atoms with Crippen molar-refractivity contribution in [2.75, 3.05) is 25.0 Å². The molecule has 1 saturated heterocycles. The van der Waals surface area contributed by atoms with Crippen LogP contribution in [0.3, 0.4) is 0 Å². The van der Waals surface area contributed by atoms with Crippen molar-refractivity contribution in [3.05, 3.63) is 41.2 Å². The molecule has 1 aliphatic heterocycles. The Morgan fingerprint density at radius 3 is 2.87 bits per heavy atom. The number of likely N-dealkylation sites (N-methyl/N-ethyl adjacent to an activating group) is 1. The maximum Gasteiger partial charge on any atom is 0.161 e. The van der Waals surface area contributed by atoms with Gasteiger partial charge < -0.3 is 15.3 Å². The van der Waals surface area contributed by atoms with E-state index in [4.69, 9.17) is 16.6 Å². The lowest BCUT2D eigenvalue weighted by atomic mass is 10.0. The van der Waals surface area contributed by atoms with Crippen LogP contribution >= 0.6 is 11.6 Å². The molecule has 5 rings (SSSR count). The fourth-order valence-corrected chi connectivity index (χ4v) is 4.48. The van der Waals surface area contributed by atoms with Crippen LogP contribution in [0.15, 0.2) is 30.6 Å². The van der Waals surface area contributed by atoms with Gasteiger partial charge in [-0.25, -0.2) is 9.97 Å². The van der Waals surface area contributed by atoms with Crippen LogP contribution in [0, 0.1) is 6.92 Å². The first-order valence-electron chi connectivity index (χ1n) is 9.99. The van der Waals surface area contributed by atoms with Crippen molar-refractivity contribution in [1.82, 2.24) is 25.1 Å². The van der Waals surface area contributed by atoms with Crippen molar-refractivity contribution in [3.63, 3.8) is 0 Å². The molecule has 1 aromatic carbocycles. The highest BCUT2D eigenvalue weighted by Crippen LogP contribution is 2.38. The second-order valence-electron chi connectivity index (χ2n) is 7.91. The molecule has 30 heavy (non-hydrogen) atoms. The number of aromatic hydroxyl groups is 1. The number of aromatic nitrogens is 4. The van der Waals surface area contributed by atoms with Crippen molar-refractivity contribution in [2.45, 2.75) is 19.4 Å². The third-order valence-corrected chi connectivity index (χ3v) is 6.27. The molecule has 4 heterocycles. The van der Waals surface area contributed by atoms with E-state index in [0.29, 0.717) is 28.0 Å². The lowest BCUT2D eigenvalue weighted by molar-refractivity contribution is 0.474. The number of phenols is 1. The average molecular weight is 423 g/mol. The Morgan fingerprint density at radius 1 is 1.27 bits per heavy atom. The van der Waals surface area contributed by atoms with Crippen LogP contribution in [0.1, 0.15) is 12.0 Å². The van der Waals surface area contributed by atoms with Gasteiger partial charge >= 0.3 is 0 Å². The van der Waals surface area contributed by atoms with Crippen LogP contribution in [0.4, 0.5) is 5.69 Å². The van der Waals surface area contributed by atoms with Gasteiger partial charge in [-0.2, -0.15) is 5.10 Å². The van der Waals surface area contributed by atoms with E-state index in [1.165, 1.54) is 0 Å². The number of anilines is 1. The molecule has 0 radical (unpaired) electrons. The molecule has 8 heteroatoms. The van der Waals surface area contributed by atoms with Crippen molar-refractivity contribution >= 4 is 39.2 Å². The quantitative estimate of drug-likeness (QED) is 0.524. The van der Waals surface area contributed by atoms with Gasteiger partial charge in [0.25, 0.3) is 0 Å². The van der Waals surface area contributed by atoms with Crippen LogP contribution in [0.2, 0.25) is 5.02 Å². The second-order valence-corrected chi connectivity index (χ2v) is 8.32. The number of nitrogens with one attached hydrogen (secondary N) is 1. The van der Waals surface area contributed by atoms with Crippen LogP contribution < -0.4 is 10.2 Å². The molecule has 1 unspecified atom stereocenters. The van der Waals surface area contributed by atoms with Gasteiger partial charge in [-0.1, -0.05) is 11.6 Å². The molecule has 0 bridgehead atoms. The average Bonchev–Trinajstić information content (AvgIpc) is 3.36. The molecule has 3 aromatic heterocycles. The molecule has 0 spiro atoms. The van der Waals surface area contributed by atoms with Gasteiger partial charge in [0, 0.05) is 54.3 Å². The summed E-state index contributed by atoms with van der Waals surface area (Å²) in [6.07, 6.45) is 4.88. The smallest absolute Gasteiger partial charge is 0.161 e. The van der Waals surface area contributed by atoms with Gasteiger partial charge in [-0.3, -0.25) is 4.68 Å². The molecule has 1 atom stereocenters. The number of fused-ring (bicyclic) bond motifs is 2. The minimum atomic E-state index is 0.163. The molecule has 4 aromatic rings. The maximum atomic E-state index is 10.8. The summed E-state index contributed by atoms with van der Waals surface area (Å²) in [5, 5.41) is 20.9. The first-order chi connectivity index (χ1) is 14.4. The molecule has 154 valence electrons. The number of nitrogens with zero attached hydrogens (tertiary/aromatic N) is 5. The fraction of sp³-hybridized carbons (Fsp3) is 0.318. The fourth-order valence-electron chi connectivity index (χ4n) is 4.23. The normalized spacial score (nSPS) is 16.8. The van der Waals surface area contributed by atoms with Gasteiger partial charge in [0.05, 0.1) is 28.1 Å². The van der Waals surface area contributed by atoms with E-state index in [1.54, 1.807) is 10.7 Å². The summed E-state index contributed by atoms with van der Waals surface area (Å²) in [4.78, 5) is 11.6. The number of aryl methyl sites for hydroxylation is 2. The number of pyridine rings is 2. The number of halogens is 1. The Kier molecular flexibility index (Phi) is 4.52. The maximum absolute atomic E-state index is 10.8. The van der Waals surface area contributed by atoms with Gasteiger partial charge in [0.2, 0.25) is 0 Å². The zero-order valence-corrected chi connectivity index (χ0v) is 17.9. The molecular weight excluding hydrogens is 400 g/mol. The summed E-state index contributed by atoms with van der Waals surface area (Å²) in [6.45, 7) is 3.79. The molecule has 1 aliphatic rings. The van der Waals surface area contributed by atoms with Gasteiger partial charge in [0.1, 0.15) is 5.75 Å². The topological polar surface area (TPSA) is 79.1 Å². The number of hydrogen-bond donors (Lipinski definition) is 2. The zero-order valence-electron chi connectivity index (χ0n) is 17.1. The van der Waals surface area contributed by atoms with E-state index in [2.05, 4.69) is 26.4 Å². The first kappa shape index (κ1) is 19.1. The summed E-state index contributed by atoms with van der Waals surface area (Å²) < 4.78 is 1.74. The van der Waals surface area contributed by atoms with Crippen molar-refractivity contribution in [2.24, 2.45) is 7.05 Å². The highest BCUT2D eigenvalue weighted by atomic mass is 35.5. The van der Waals surface area contributed by atoms with Crippen LogP contribution in [-0.2, 0) is 7.05 Å². The number of phenolic OH excluding ortho intramolecular Hbond substituents is 1. The predicted octanol–water partition coefficient (Wildman–Crippen LogP) is 3.65. The van der Waals surface area contributed by atoms with Gasteiger partial charge in [0.15, 0.2) is 5.65 Å². The van der Waals surface area contributed by atoms with Crippen molar-refractivity contribution in [1.29, 1.82) is 0 Å². The Morgan fingerprint density at radius 2 is 2.10 bits per heavy atom. The van der Waals surface area contributed by atoms with E-state index in [-0.39, 0.29) is 5.75 Å². The summed E-state index contributed by atoms with van der Waals surface area (Å²) in [6, 6.07) is 6.23. The lowest BCUT2D eigenvalue weighted by Gasteiger charge is -2.19. The predicted molar refractivity (Wildman–Crippen MR) is 120 cm³/mol. The van der Waals surface area contributed by atoms with Crippen LogP contribution in [0.5, 0.6) is 5.75 Å². The third-order valence-electron chi connectivity index (χ3n) is 5.96. The molecule has 0 aliphatic carbocycles. The molecule has 2 N–H and O–H groups in total. The van der Waals surface area contributed by atoms with E-state index in [1.807, 2.05) is 39.5 Å². The standard InChI is InChI=1S/C22H23ClN6O/c1-12-20-13(10-28(3)27-20)6-17(21(12)30)19-8-18(23)16-7-15(9-25-22(16)26-19)29-5-4-14(11-29)24-2/h6-10,14,24,30H,4-5,11H2,1-3H3. The van der Waals surface area contributed by atoms with E-state index in [9.17, 15) is 5.11 Å². The highest BCUT2D eigenvalue weighted by molar-refractivity contribution is 6.35. The lowest BCUT2D eigenvalue weighted by Crippen LogP contribution is -2.29. The number of rotatable bonds is 3. The number of hydrogen-bond acceptors (Lipinski definition) is 6. The SMILES string of the molecule is CNC1CCN(c2cnc3nc(-c4cc5cn(C)nc5c(C)c4O)cc(Cl)c3c2)C1. The Balaban J connectivity index is 1.59. The zero-order chi connectivity index (χ0) is 21.0. The molecule has 1 fully saturated rings. The largest absolute Gasteiger partial charge is 0.507 e.